The Hall–Kier alpha value is -1.95. The minimum absolute atomic E-state index is 0.0503. The average molecular weight is 296 g/mol. The summed E-state index contributed by atoms with van der Waals surface area (Å²) in [5.41, 5.74) is 8.40. The second kappa shape index (κ2) is 5.11. The van der Waals surface area contributed by atoms with Crippen molar-refractivity contribution in [3.63, 3.8) is 0 Å². The van der Waals surface area contributed by atoms with Crippen molar-refractivity contribution >= 4 is 0 Å². The van der Waals surface area contributed by atoms with E-state index < -0.39 is 6.36 Å². The lowest BCUT2D eigenvalue weighted by atomic mass is 9.93. The van der Waals surface area contributed by atoms with Crippen molar-refractivity contribution in [2.45, 2.75) is 31.7 Å². The second-order valence-corrected chi connectivity index (χ2v) is 5.10. The Kier molecular flexibility index (Phi) is 3.41. The van der Waals surface area contributed by atoms with E-state index in [1.807, 2.05) is 6.07 Å². The molecule has 1 heterocycles. The molecule has 3 nitrogen and oxygen atoms in total. The molecular weight excluding hydrogens is 281 g/mol. The maximum atomic E-state index is 12.5. The summed E-state index contributed by atoms with van der Waals surface area (Å²) >= 11 is 0. The zero-order valence-corrected chi connectivity index (χ0v) is 11.2. The van der Waals surface area contributed by atoms with Gasteiger partial charge in [0.25, 0.3) is 0 Å². The first kappa shape index (κ1) is 14.0. The molecule has 2 N–H and O–H groups in total. The maximum absolute atomic E-state index is 12.5. The van der Waals surface area contributed by atoms with Crippen molar-refractivity contribution in [2.24, 2.45) is 5.73 Å². The molecule has 0 saturated carbocycles. The monoisotopic (exact) mass is 296 g/mol. The van der Waals surface area contributed by atoms with Crippen LogP contribution in [0.4, 0.5) is 13.2 Å². The Labute approximate surface area is 120 Å². The number of benzene rings is 1. The van der Waals surface area contributed by atoms with E-state index in [1.165, 1.54) is 12.1 Å². The minimum atomic E-state index is -4.71. The average Bonchev–Trinajstić information content (AvgIpc) is 2.83. The molecule has 1 atom stereocenters. The molecule has 1 unspecified atom stereocenters. The first-order valence-corrected chi connectivity index (χ1v) is 6.76. The molecular formula is C15H15F3N2O. The van der Waals surface area contributed by atoms with Gasteiger partial charge in [0.05, 0.1) is 5.69 Å². The van der Waals surface area contributed by atoms with Gasteiger partial charge in [-0.05, 0) is 43.0 Å². The number of aromatic nitrogens is 1. The number of para-hydroxylation sites is 2. The van der Waals surface area contributed by atoms with Gasteiger partial charge in [0.1, 0.15) is 0 Å². The van der Waals surface area contributed by atoms with Crippen molar-refractivity contribution < 1.29 is 17.9 Å². The van der Waals surface area contributed by atoms with Crippen LogP contribution < -0.4 is 10.5 Å². The van der Waals surface area contributed by atoms with Gasteiger partial charge in [-0.3, -0.25) is 0 Å². The number of hydrogen-bond donors (Lipinski definition) is 1. The molecule has 0 saturated heterocycles. The summed E-state index contributed by atoms with van der Waals surface area (Å²) in [5.74, 6) is -0.206. The van der Waals surface area contributed by atoms with Crippen LogP contribution >= 0.6 is 0 Å². The summed E-state index contributed by atoms with van der Waals surface area (Å²) in [4.78, 5) is 0. The van der Waals surface area contributed by atoms with Gasteiger partial charge in [-0.25, -0.2) is 0 Å². The van der Waals surface area contributed by atoms with E-state index in [9.17, 15) is 13.2 Å². The number of rotatable bonds is 2. The number of hydrogen-bond acceptors (Lipinski definition) is 2. The second-order valence-electron chi connectivity index (χ2n) is 5.10. The minimum Gasteiger partial charge on any atom is -0.404 e. The molecule has 0 radical (unpaired) electrons. The molecule has 1 aliphatic carbocycles. The number of ether oxygens (including phenoxy) is 1. The molecule has 0 bridgehead atoms. The number of alkyl halides is 3. The molecule has 0 spiro atoms. The molecule has 3 rings (SSSR count). The summed E-state index contributed by atoms with van der Waals surface area (Å²) in [6, 6.07) is 7.97. The number of fused-ring (bicyclic) bond motifs is 1. The van der Waals surface area contributed by atoms with E-state index in [0.717, 1.165) is 30.5 Å². The maximum Gasteiger partial charge on any atom is 0.573 e. The number of nitrogens with zero attached hydrogens (tertiary/aromatic N) is 1. The third kappa shape index (κ3) is 2.76. The van der Waals surface area contributed by atoms with Crippen LogP contribution in [0.5, 0.6) is 5.75 Å². The third-order valence-electron chi connectivity index (χ3n) is 3.71. The quantitative estimate of drug-likeness (QED) is 0.917. The fraction of sp³-hybridized carbons (Fsp3) is 0.333. The van der Waals surface area contributed by atoms with Crippen LogP contribution in [0.1, 0.15) is 30.1 Å². The first-order valence-electron chi connectivity index (χ1n) is 6.76. The van der Waals surface area contributed by atoms with E-state index in [0.29, 0.717) is 5.69 Å². The van der Waals surface area contributed by atoms with Crippen molar-refractivity contribution in [1.29, 1.82) is 0 Å². The lowest BCUT2D eigenvalue weighted by Crippen LogP contribution is -2.20. The molecule has 21 heavy (non-hydrogen) atoms. The topological polar surface area (TPSA) is 40.2 Å². The van der Waals surface area contributed by atoms with Crippen LogP contribution in [0.25, 0.3) is 5.69 Å². The van der Waals surface area contributed by atoms with Crippen molar-refractivity contribution in [3.8, 4) is 11.4 Å². The van der Waals surface area contributed by atoms with Crippen LogP contribution in [0.2, 0.25) is 0 Å². The largest absolute Gasteiger partial charge is 0.573 e. The van der Waals surface area contributed by atoms with Gasteiger partial charge in [0.2, 0.25) is 0 Å². The van der Waals surface area contributed by atoms with E-state index in [1.54, 1.807) is 22.9 Å². The van der Waals surface area contributed by atoms with Crippen LogP contribution in [-0.4, -0.2) is 10.9 Å². The Morgan fingerprint density at radius 1 is 1.19 bits per heavy atom. The predicted molar refractivity (Wildman–Crippen MR) is 72.3 cm³/mol. The van der Waals surface area contributed by atoms with Crippen LogP contribution in [0, 0.1) is 0 Å². The predicted octanol–water partition coefficient (Wildman–Crippen LogP) is 3.71. The Morgan fingerprint density at radius 2 is 1.95 bits per heavy atom. The smallest absolute Gasteiger partial charge is 0.404 e. The summed E-state index contributed by atoms with van der Waals surface area (Å²) < 4.78 is 43.4. The molecule has 0 amide bonds. The highest BCUT2D eigenvalue weighted by Gasteiger charge is 2.32. The molecule has 0 fully saturated rings. The zero-order chi connectivity index (χ0) is 15.0. The van der Waals surface area contributed by atoms with Crippen LogP contribution in [0.15, 0.2) is 36.5 Å². The van der Waals surface area contributed by atoms with Gasteiger partial charge in [-0.1, -0.05) is 12.1 Å². The van der Waals surface area contributed by atoms with Gasteiger partial charge < -0.3 is 15.0 Å². The zero-order valence-electron chi connectivity index (χ0n) is 11.2. The van der Waals surface area contributed by atoms with E-state index in [-0.39, 0.29) is 11.8 Å². The fourth-order valence-corrected chi connectivity index (χ4v) is 2.82. The molecule has 1 aliphatic rings. The third-order valence-corrected chi connectivity index (χ3v) is 3.71. The van der Waals surface area contributed by atoms with Gasteiger partial charge in [0, 0.05) is 17.9 Å². The van der Waals surface area contributed by atoms with Crippen molar-refractivity contribution in [2.75, 3.05) is 0 Å². The van der Waals surface area contributed by atoms with Crippen LogP contribution in [-0.2, 0) is 6.42 Å². The Morgan fingerprint density at radius 3 is 2.71 bits per heavy atom. The first-order chi connectivity index (χ1) is 9.96. The van der Waals surface area contributed by atoms with E-state index in [4.69, 9.17) is 5.73 Å². The molecule has 1 aromatic carbocycles. The van der Waals surface area contributed by atoms with Crippen LogP contribution in [0.3, 0.4) is 0 Å². The standard InChI is InChI=1S/C15H15F3N2O/c16-15(17,18)21-14-7-2-1-5-13(14)20-9-8-10-11(19)4-3-6-12(10)20/h1-2,5,7-9,11H,3-4,6,19H2. The molecule has 0 aliphatic heterocycles. The normalized spacial score (nSPS) is 18.4. The Balaban J connectivity index is 2.06. The van der Waals surface area contributed by atoms with Gasteiger partial charge in [-0.2, -0.15) is 0 Å². The van der Waals surface area contributed by atoms with Crippen molar-refractivity contribution in [1.82, 2.24) is 4.57 Å². The molecule has 112 valence electrons. The highest BCUT2D eigenvalue weighted by molar-refractivity contribution is 5.50. The molecule has 6 heteroatoms. The highest BCUT2D eigenvalue weighted by Crippen LogP contribution is 2.34. The molecule has 1 aromatic heterocycles. The van der Waals surface area contributed by atoms with Gasteiger partial charge in [-0.15, -0.1) is 13.2 Å². The summed E-state index contributed by atoms with van der Waals surface area (Å²) in [6.07, 6.45) is -0.317. The van der Waals surface area contributed by atoms with Gasteiger partial charge >= 0.3 is 6.36 Å². The SMILES string of the molecule is NC1CCCc2c1ccn2-c1ccccc1OC(F)(F)F. The highest BCUT2D eigenvalue weighted by atomic mass is 19.4. The summed E-state index contributed by atoms with van der Waals surface area (Å²) in [5, 5.41) is 0. The lowest BCUT2D eigenvalue weighted by molar-refractivity contribution is -0.274. The lowest BCUT2D eigenvalue weighted by Gasteiger charge is -2.22. The number of halogens is 3. The molecule has 2 aromatic rings. The Bertz CT molecular complexity index is 649. The summed E-state index contributed by atoms with van der Waals surface area (Å²) in [6.45, 7) is 0. The fourth-order valence-electron chi connectivity index (χ4n) is 2.82. The number of nitrogens with two attached hydrogens (primary N) is 1. The van der Waals surface area contributed by atoms with E-state index in [2.05, 4.69) is 4.74 Å². The summed E-state index contributed by atoms with van der Waals surface area (Å²) in [7, 11) is 0. The van der Waals surface area contributed by atoms with E-state index >= 15 is 0 Å². The van der Waals surface area contributed by atoms with Crippen molar-refractivity contribution in [3.05, 3.63) is 47.8 Å². The van der Waals surface area contributed by atoms with Gasteiger partial charge in [0.15, 0.2) is 5.75 Å².